The maximum Gasteiger partial charge on any atom is 0.0335 e. The van der Waals surface area contributed by atoms with Gasteiger partial charge in [0.15, 0.2) is 0 Å². The second kappa shape index (κ2) is 13.9. The van der Waals surface area contributed by atoms with Gasteiger partial charge in [0.1, 0.15) is 0 Å². The van der Waals surface area contributed by atoms with Crippen LogP contribution < -0.4 is 5.48 Å². The Hall–Kier alpha value is -0.500. The highest BCUT2D eigenvalue weighted by Gasteiger charge is 2.09. The maximum absolute atomic E-state index is 8.85. The number of allylic oxidation sites excluding steroid dienone is 1. The van der Waals surface area contributed by atoms with E-state index in [1.165, 1.54) is 64.2 Å². The van der Waals surface area contributed by atoms with E-state index in [9.17, 15) is 0 Å². The highest BCUT2D eigenvalue weighted by Crippen LogP contribution is 2.19. The minimum absolute atomic E-state index is 0.430. The standard InChI is InChI=1S/C17H35NO/c1-4-6-7-8-9-10-11-12-13-14-15-17(5-2)16(3)18-19/h17-19H,3-15H2,1-2H3. The highest BCUT2D eigenvalue weighted by atomic mass is 16.5. The van der Waals surface area contributed by atoms with Crippen molar-refractivity contribution in [3.8, 4) is 0 Å². The molecule has 0 heterocycles. The summed E-state index contributed by atoms with van der Waals surface area (Å²) in [6.07, 6.45) is 16.0. The van der Waals surface area contributed by atoms with Gasteiger partial charge in [0, 0.05) is 11.6 Å². The summed E-state index contributed by atoms with van der Waals surface area (Å²) in [4.78, 5) is 0. The van der Waals surface area contributed by atoms with Crippen LogP contribution in [0, 0.1) is 5.92 Å². The molecule has 2 N–H and O–H groups in total. The molecule has 19 heavy (non-hydrogen) atoms. The fraction of sp³-hybridized carbons (Fsp3) is 0.882. The van der Waals surface area contributed by atoms with Crippen LogP contribution in [0.2, 0.25) is 0 Å². The summed E-state index contributed by atoms with van der Waals surface area (Å²) in [5, 5.41) is 8.85. The number of hydrogen-bond acceptors (Lipinski definition) is 2. The molecule has 114 valence electrons. The summed E-state index contributed by atoms with van der Waals surface area (Å²) in [5.74, 6) is 0.430. The predicted octanol–water partition coefficient (Wildman–Crippen LogP) is 5.82. The first-order valence-electron chi connectivity index (χ1n) is 8.35. The predicted molar refractivity (Wildman–Crippen MR) is 84.3 cm³/mol. The fourth-order valence-electron chi connectivity index (χ4n) is 2.59. The van der Waals surface area contributed by atoms with E-state index in [4.69, 9.17) is 5.21 Å². The number of hydrogen-bond donors (Lipinski definition) is 2. The monoisotopic (exact) mass is 269 g/mol. The van der Waals surface area contributed by atoms with Crippen molar-refractivity contribution in [2.24, 2.45) is 5.92 Å². The zero-order valence-corrected chi connectivity index (χ0v) is 13.2. The average molecular weight is 269 g/mol. The summed E-state index contributed by atoms with van der Waals surface area (Å²) >= 11 is 0. The van der Waals surface area contributed by atoms with Crippen LogP contribution in [-0.4, -0.2) is 5.21 Å². The van der Waals surface area contributed by atoms with Crippen LogP contribution in [-0.2, 0) is 0 Å². The van der Waals surface area contributed by atoms with Gasteiger partial charge in [-0.3, -0.25) is 10.7 Å². The zero-order chi connectivity index (χ0) is 14.3. The van der Waals surface area contributed by atoms with Gasteiger partial charge in [0.2, 0.25) is 0 Å². The van der Waals surface area contributed by atoms with Gasteiger partial charge in [-0.2, -0.15) is 0 Å². The van der Waals surface area contributed by atoms with Crippen molar-refractivity contribution in [3.05, 3.63) is 12.3 Å². The topological polar surface area (TPSA) is 32.3 Å². The van der Waals surface area contributed by atoms with E-state index in [-0.39, 0.29) is 0 Å². The second-order valence-electron chi connectivity index (χ2n) is 5.71. The first-order chi connectivity index (χ1) is 9.26. The molecule has 0 amide bonds. The lowest BCUT2D eigenvalue weighted by atomic mass is 9.95. The molecule has 0 aromatic carbocycles. The van der Waals surface area contributed by atoms with Gasteiger partial charge < -0.3 is 0 Å². The zero-order valence-electron chi connectivity index (χ0n) is 13.2. The van der Waals surface area contributed by atoms with E-state index in [1.54, 1.807) is 0 Å². The molecule has 1 atom stereocenters. The molecule has 0 bridgehead atoms. The van der Waals surface area contributed by atoms with Crippen molar-refractivity contribution >= 4 is 0 Å². The van der Waals surface area contributed by atoms with Crippen molar-refractivity contribution < 1.29 is 5.21 Å². The third kappa shape index (κ3) is 11.1. The normalized spacial score (nSPS) is 12.4. The highest BCUT2D eigenvalue weighted by molar-refractivity contribution is 4.94. The molecule has 0 aromatic heterocycles. The summed E-state index contributed by atoms with van der Waals surface area (Å²) in [6, 6.07) is 0. The Morgan fingerprint density at radius 3 is 1.79 bits per heavy atom. The molecule has 0 aliphatic heterocycles. The molecule has 0 rings (SSSR count). The first-order valence-corrected chi connectivity index (χ1v) is 8.35. The summed E-state index contributed by atoms with van der Waals surface area (Å²) in [5.41, 5.74) is 2.98. The molecule has 2 heteroatoms. The van der Waals surface area contributed by atoms with Crippen molar-refractivity contribution in [2.45, 2.75) is 90.9 Å². The van der Waals surface area contributed by atoms with Gasteiger partial charge in [-0.25, -0.2) is 0 Å². The Balaban J connectivity index is 3.28. The Morgan fingerprint density at radius 2 is 1.37 bits per heavy atom. The lowest BCUT2D eigenvalue weighted by molar-refractivity contribution is 0.182. The Morgan fingerprint density at radius 1 is 0.895 bits per heavy atom. The van der Waals surface area contributed by atoms with Crippen molar-refractivity contribution in [1.82, 2.24) is 5.48 Å². The van der Waals surface area contributed by atoms with Gasteiger partial charge >= 0.3 is 0 Å². The average Bonchev–Trinajstić information content (AvgIpc) is 2.44. The van der Waals surface area contributed by atoms with Crippen molar-refractivity contribution in [1.29, 1.82) is 0 Å². The van der Waals surface area contributed by atoms with Crippen LogP contribution in [0.15, 0.2) is 12.3 Å². The largest absolute Gasteiger partial charge is 0.291 e. The third-order valence-corrected chi connectivity index (χ3v) is 4.04. The molecule has 2 nitrogen and oxygen atoms in total. The summed E-state index contributed by atoms with van der Waals surface area (Å²) in [6.45, 7) is 8.27. The Labute approximate surface area is 120 Å². The van der Waals surface area contributed by atoms with E-state index < -0.39 is 0 Å². The molecule has 0 aliphatic rings. The van der Waals surface area contributed by atoms with E-state index in [1.807, 2.05) is 0 Å². The second-order valence-corrected chi connectivity index (χ2v) is 5.71. The first kappa shape index (κ1) is 18.5. The van der Waals surface area contributed by atoms with Crippen LogP contribution in [0.4, 0.5) is 0 Å². The SMILES string of the molecule is C=C(NO)C(CC)CCCCCCCCCCCC. The van der Waals surface area contributed by atoms with Crippen LogP contribution in [0.5, 0.6) is 0 Å². The molecule has 1 unspecified atom stereocenters. The van der Waals surface area contributed by atoms with Crippen molar-refractivity contribution in [2.75, 3.05) is 0 Å². The van der Waals surface area contributed by atoms with E-state index >= 15 is 0 Å². The molecule has 0 saturated carbocycles. The fourth-order valence-corrected chi connectivity index (χ4v) is 2.59. The number of hydroxylamine groups is 1. The van der Waals surface area contributed by atoms with Gasteiger partial charge in [-0.05, 0) is 12.8 Å². The smallest absolute Gasteiger partial charge is 0.0335 e. The van der Waals surface area contributed by atoms with Crippen LogP contribution >= 0.6 is 0 Å². The van der Waals surface area contributed by atoms with E-state index in [2.05, 4.69) is 25.9 Å². The summed E-state index contributed by atoms with van der Waals surface area (Å²) in [7, 11) is 0. The lowest BCUT2D eigenvalue weighted by Crippen LogP contribution is -2.15. The molecule has 0 spiro atoms. The van der Waals surface area contributed by atoms with Crippen LogP contribution in [0.3, 0.4) is 0 Å². The van der Waals surface area contributed by atoms with E-state index in [0.717, 1.165) is 18.5 Å². The molecular formula is C17H35NO. The Bertz CT molecular complexity index is 203. The van der Waals surface area contributed by atoms with Gasteiger partial charge in [0.25, 0.3) is 0 Å². The molecule has 0 fully saturated rings. The van der Waals surface area contributed by atoms with Crippen LogP contribution in [0.1, 0.15) is 90.9 Å². The van der Waals surface area contributed by atoms with Crippen LogP contribution in [0.25, 0.3) is 0 Å². The molecule has 0 aromatic rings. The molecule has 0 aliphatic carbocycles. The summed E-state index contributed by atoms with van der Waals surface area (Å²) < 4.78 is 0. The third-order valence-electron chi connectivity index (χ3n) is 4.04. The van der Waals surface area contributed by atoms with E-state index in [0.29, 0.717) is 5.92 Å². The maximum atomic E-state index is 8.85. The number of rotatable bonds is 14. The minimum atomic E-state index is 0.430. The number of nitrogens with one attached hydrogen (secondary N) is 1. The van der Waals surface area contributed by atoms with Gasteiger partial charge in [-0.15, -0.1) is 0 Å². The van der Waals surface area contributed by atoms with Crippen molar-refractivity contribution in [3.63, 3.8) is 0 Å². The molecular weight excluding hydrogens is 234 g/mol. The minimum Gasteiger partial charge on any atom is -0.291 e. The van der Waals surface area contributed by atoms with Gasteiger partial charge in [-0.1, -0.05) is 84.6 Å². The Kier molecular flexibility index (Phi) is 13.6. The quantitative estimate of drug-likeness (QED) is 0.308. The number of unbranched alkanes of at least 4 members (excludes halogenated alkanes) is 9. The lowest BCUT2D eigenvalue weighted by Gasteiger charge is -2.16. The molecule has 0 saturated heterocycles. The van der Waals surface area contributed by atoms with Gasteiger partial charge in [0.05, 0.1) is 0 Å². The molecule has 0 radical (unpaired) electrons.